The third-order valence-corrected chi connectivity index (χ3v) is 3.13. The Kier molecular flexibility index (Phi) is 4.79. The molecule has 0 saturated carbocycles. The van der Waals surface area contributed by atoms with Crippen LogP contribution in [0.25, 0.3) is 0 Å². The van der Waals surface area contributed by atoms with E-state index < -0.39 is 5.91 Å². The zero-order chi connectivity index (χ0) is 14.5. The molecule has 0 aliphatic carbocycles. The van der Waals surface area contributed by atoms with E-state index in [0.717, 1.165) is 5.56 Å². The molecule has 3 N–H and O–H groups in total. The predicted molar refractivity (Wildman–Crippen MR) is 75.0 cm³/mol. The fourth-order valence-electron chi connectivity index (χ4n) is 1.79. The van der Waals surface area contributed by atoms with E-state index in [1.54, 1.807) is 19.1 Å². The second-order valence-electron chi connectivity index (χ2n) is 4.28. The molecule has 0 atom stereocenters. The van der Waals surface area contributed by atoms with Crippen molar-refractivity contribution in [2.75, 3.05) is 0 Å². The molecular formula is C14H15ClN2O3. The molecule has 20 heavy (non-hydrogen) atoms. The van der Waals surface area contributed by atoms with Gasteiger partial charge in [0.1, 0.15) is 12.4 Å². The summed E-state index contributed by atoms with van der Waals surface area (Å²) in [7, 11) is 0. The monoisotopic (exact) mass is 294 g/mol. The molecule has 1 amide bonds. The number of hydrogen-bond donors (Lipinski definition) is 2. The number of carbonyl (C=O) groups excluding carboxylic acids is 1. The second-order valence-corrected chi connectivity index (χ2v) is 4.69. The van der Waals surface area contributed by atoms with E-state index in [9.17, 15) is 4.79 Å². The Balaban J connectivity index is 1.95. The molecule has 5 nitrogen and oxygen atoms in total. The minimum atomic E-state index is -0.458. The first-order valence-corrected chi connectivity index (χ1v) is 6.41. The topological polar surface area (TPSA) is 77.5 Å². The number of hydrazine groups is 1. The fourth-order valence-corrected chi connectivity index (χ4v) is 1.98. The van der Waals surface area contributed by atoms with Gasteiger partial charge in [-0.3, -0.25) is 10.2 Å². The van der Waals surface area contributed by atoms with Gasteiger partial charge in [0.2, 0.25) is 0 Å². The molecule has 0 bridgehead atoms. The number of carbonyl (C=O) groups is 1. The molecule has 0 aliphatic rings. The zero-order valence-corrected chi connectivity index (χ0v) is 11.7. The average molecular weight is 295 g/mol. The van der Waals surface area contributed by atoms with E-state index in [0.29, 0.717) is 23.0 Å². The molecule has 0 unspecified atom stereocenters. The molecule has 0 aliphatic heterocycles. The lowest BCUT2D eigenvalue weighted by Gasteiger charge is -2.04. The first-order valence-electron chi connectivity index (χ1n) is 6.03. The van der Waals surface area contributed by atoms with Gasteiger partial charge in [-0.2, -0.15) is 0 Å². The van der Waals surface area contributed by atoms with Gasteiger partial charge in [0, 0.05) is 10.6 Å². The molecule has 2 rings (SSSR count). The highest BCUT2D eigenvalue weighted by molar-refractivity contribution is 6.31. The molecule has 6 heteroatoms. The molecule has 2 aromatic rings. The van der Waals surface area contributed by atoms with E-state index in [4.69, 9.17) is 26.6 Å². The number of ether oxygens (including phenoxy) is 1. The van der Waals surface area contributed by atoms with Gasteiger partial charge in [-0.25, -0.2) is 5.84 Å². The Morgan fingerprint density at radius 3 is 2.85 bits per heavy atom. The number of hydrogen-bond acceptors (Lipinski definition) is 4. The molecular weight excluding hydrogens is 280 g/mol. The van der Waals surface area contributed by atoms with Gasteiger partial charge in [0.05, 0.1) is 6.61 Å². The number of nitrogen functional groups attached to an aromatic ring is 1. The Morgan fingerprint density at radius 2 is 2.15 bits per heavy atom. The van der Waals surface area contributed by atoms with Crippen molar-refractivity contribution in [2.45, 2.75) is 20.1 Å². The van der Waals surface area contributed by atoms with Gasteiger partial charge < -0.3 is 9.15 Å². The summed E-state index contributed by atoms with van der Waals surface area (Å²) in [4.78, 5) is 11.4. The largest absolute Gasteiger partial charge is 0.453 e. The van der Waals surface area contributed by atoms with Crippen LogP contribution in [0.3, 0.4) is 0 Å². The maximum absolute atomic E-state index is 11.4. The van der Waals surface area contributed by atoms with Crippen molar-refractivity contribution >= 4 is 17.5 Å². The van der Waals surface area contributed by atoms with E-state index in [1.807, 2.05) is 23.6 Å². The molecule has 106 valence electrons. The minimum absolute atomic E-state index is 0.198. The predicted octanol–water partition coefficient (Wildman–Crippen LogP) is 2.56. The van der Waals surface area contributed by atoms with Crippen LogP contribution in [0.5, 0.6) is 0 Å². The summed E-state index contributed by atoms with van der Waals surface area (Å²) < 4.78 is 10.9. The summed E-state index contributed by atoms with van der Waals surface area (Å²) in [5.41, 5.74) is 3.65. The summed E-state index contributed by atoms with van der Waals surface area (Å²) in [5, 5.41) is 0.659. The van der Waals surface area contributed by atoms with Crippen molar-refractivity contribution in [3.05, 3.63) is 58.0 Å². The van der Waals surface area contributed by atoms with E-state index in [-0.39, 0.29) is 12.4 Å². The Labute approximate surface area is 121 Å². The normalized spacial score (nSPS) is 10.6. The van der Waals surface area contributed by atoms with E-state index in [1.165, 1.54) is 0 Å². The number of aryl methyl sites for hydroxylation is 1. The van der Waals surface area contributed by atoms with Gasteiger partial charge in [0.25, 0.3) is 0 Å². The van der Waals surface area contributed by atoms with Crippen molar-refractivity contribution in [1.29, 1.82) is 0 Å². The number of benzene rings is 1. The van der Waals surface area contributed by atoms with Gasteiger partial charge in [-0.1, -0.05) is 29.8 Å². The van der Waals surface area contributed by atoms with Gasteiger partial charge in [-0.15, -0.1) is 0 Å². The lowest BCUT2D eigenvalue weighted by Crippen LogP contribution is -2.30. The van der Waals surface area contributed by atoms with Crippen LogP contribution >= 0.6 is 11.6 Å². The summed E-state index contributed by atoms with van der Waals surface area (Å²) in [6, 6.07) is 9.20. The fraction of sp³-hybridized carbons (Fsp3) is 0.214. The number of nitrogens with one attached hydrogen (secondary N) is 1. The third kappa shape index (κ3) is 3.39. The van der Waals surface area contributed by atoms with Crippen LogP contribution in [0.2, 0.25) is 5.02 Å². The number of nitrogens with two attached hydrogens (primary N) is 1. The average Bonchev–Trinajstić information content (AvgIpc) is 2.81. The van der Waals surface area contributed by atoms with Crippen molar-refractivity contribution in [1.82, 2.24) is 5.43 Å². The van der Waals surface area contributed by atoms with Crippen molar-refractivity contribution < 1.29 is 13.9 Å². The smallest absolute Gasteiger partial charge is 0.301 e. The Hall–Kier alpha value is -1.82. The minimum Gasteiger partial charge on any atom is -0.453 e. The maximum Gasteiger partial charge on any atom is 0.301 e. The van der Waals surface area contributed by atoms with Crippen molar-refractivity contribution in [3.63, 3.8) is 0 Å². The summed E-state index contributed by atoms with van der Waals surface area (Å²) in [5.74, 6) is 5.37. The van der Waals surface area contributed by atoms with Crippen molar-refractivity contribution in [3.8, 4) is 0 Å². The van der Waals surface area contributed by atoms with Gasteiger partial charge in [0.15, 0.2) is 5.76 Å². The summed E-state index contributed by atoms with van der Waals surface area (Å²) >= 11 is 6.03. The van der Waals surface area contributed by atoms with Crippen LogP contribution in [0.1, 0.15) is 27.4 Å². The van der Waals surface area contributed by atoms with Crippen LogP contribution in [0, 0.1) is 6.92 Å². The van der Waals surface area contributed by atoms with Crippen molar-refractivity contribution in [2.24, 2.45) is 5.84 Å². The van der Waals surface area contributed by atoms with Crippen LogP contribution < -0.4 is 11.3 Å². The molecule has 1 aromatic heterocycles. The molecule has 0 saturated heterocycles. The third-order valence-electron chi connectivity index (χ3n) is 2.77. The number of rotatable bonds is 5. The number of halogens is 1. The molecule has 0 fully saturated rings. The highest BCUT2D eigenvalue weighted by Gasteiger charge is 2.14. The summed E-state index contributed by atoms with van der Waals surface area (Å²) in [6.07, 6.45) is 0. The first kappa shape index (κ1) is 14.6. The van der Waals surface area contributed by atoms with Gasteiger partial charge in [-0.05, 0) is 24.6 Å². The lowest BCUT2D eigenvalue weighted by molar-refractivity contribution is 0.0856. The van der Waals surface area contributed by atoms with E-state index >= 15 is 0 Å². The van der Waals surface area contributed by atoms with Gasteiger partial charge >= 0.3 is 5.91 Å². The lowest BCUT2D eigenvalue weighted by atomic mass is 10.2. The Bertz CT molecular complexity index is 610. The standard InChI is InChI=1S/C14H15ClN2O3/c1-9-6-11(20-13(9)14(18)17-16)8-19-7-10-4-2-3-5-12(10)15/h2-6H,7-8,16H2,1H3,(H,17,18). The second kappa shape index (κ2) is 6.56. The number of amides is 1. The van der Waals surface area contributed by atoms with Crippen LogP contribution in [-0.2, 0) is 18.0 Å². The molecule has 0 radical (unpaired) electrons. The highest BCUT2D eigenvalue weighted by atomic mass is 35.5. The molecule has 1 aromatic carbocycles. The quantitative estimate of drug-likeness (QED) is 0.505. The summed E-state index contributed by atoms with van der Waals surface area (Å²) in [6.45, 7) is 2.40. The highest BCUT2D eigenvalue weighted by Crippen LogP contribution is 2.18. The van der Waals surface area contributed by atoms with E-state index in [2.05, 4.69) is 0 Å². The number of furan rings is 1. The molecule has 1 heterocycles. The Morgan fingerprint density at radius 1 is 1.40 bits per heavy atom. The van der Waals surface area contributed by atoms with Crippen LogP contribution in [0.15, 0.2) is 34.7 Å². The van der Waals surface area contributed by atoms with Crippen LogP contribution in [-0.4, -0.2) is 5.91 Å². The first-order chi connectivity index (χ1) is 9.61. The molecule has 0 spiro atoms. The SMILES string of the molecule is Cc1cc(COCc2ccccc2Cl)oc1C(=O)NN. The zero-order valence-electron chi connectivity index (χ0n) is 11.0. The van der Waals surface area contributed by atoms with Crippen LogP contribution in [0.4, 0.5) is 0 Å². The maximum atomic E-state index is 11.4.